The Balaban J connectivity index is 1.25. The zero-order chi connectivity index (χ0) is 26.1. The molecule has 4 aromatic rings. The van der Waals surface area contributed by atoms with E-state index < -0.39 is 0 Å². The number of halogens is 1. The van der Waals surface area contributed by atoms with Gasteiger partial charge in [-0.2, -0.15) is 5.10 Å². The number of amides is 1. The summed E-state index contributed by atoms with van der Waals surface area (Å²) in [5, 5.41) is 11.6. The quantitative estimate of drug-likeness (QED) is 0.303. The minimum atomic E-state index is -0.238. The van der Waals surface area contributed by atoms with Gasteiger partial charge in [0.1, 0.15) is 0 Å². The fraction of sp³-hybridized carbons (Fsp3) is 0.355. The number of piperazine rings is 1. The number of benzene rings is 3. The lowest BCUT2D eigenvalue weighted by molar-refractivity contribution is 0.0299. The summed E-state index contributed by atoms with van der Waals surface area (Å²) < 4.78 is 0. The van der Waals surface area contributed by atoms with E-state index >= 15 is 0 Å². The summed E-state index contributed by atoms with van der Waals surface area (Å²) in [6.45, 7) is 6.47. The highest BCUT2D eigenvalue weighted by Gasteiger charge is 2.42. The smallest absolute Gasteiger partial charge is 0.276 e. The molecule has 2 heterocycles. The Morgan fingerprint density at radius 3 is 2.50 bits per heavy atom. The maximum atomic E-state index is 13.2. The van der Waals surface area contributed by atoms with Crippen molar-refractivity contribution in [1.82, 2.24) is 15.1 Å². The minimum absolute atomic E-state index is 0.0113. The van der Waals surface area contributed by atoms with Crippen LogP contribution in [0.15, 0.2) is 72.8 Å². The van der Waals surface area contributed by atoms with E-state index in [1.165, 1.54) is 24.1 Å². The molecule has 0 atom stereocenters. The summed E-state index contributed by atoms with van der Waals surface area (Å²) in [5.41, 5.74) is 4.53. The SMILES string of the molecule is C[C@H]1CC[C@](c2cccc(NC(=O)c3n[nH]c4ccc(Cl)cc34)c2)(N2CCN(c3ccccc3)CC2)CC1. The van der Waals surface area contributed by atoms with E-state index in [2.05, 4.69) is 80.8 Å². The van der Waals surface area contributed by atoms with Crippen LogP contribution >= 0.6 is 11.6 Å². The molecule has 2 N–H and O–H groups in total. The van der Waals surface area contributed by atoms with E-state index in [9.17, 15) is 4.79 Å². The van der Waals surface area contributed by atoms with Crippen molar-refractivity contribution < 1.29 is 4.79 Å². The summed E-state index contributed by atoms with van der Waals surface area (Å²) in [6, 6.07) is 24.6. The van der Waals surface area contributed by atoms with Gasteiger partial charge in [-0.15, -0.1) is 0 Å². The molecule has 0 spiro atoms. The normalized spacial score (nSPS) is 22.5. The average Bonchev–Trinajstić information content (AvgIpc) is 3.38. The third-order valence-corrected chi connectivity index (χ3v) is 8.74. The maximum absolute atomic E-state index is 13.2. The van der Waals surface area contributed by atoms with Crippen LogP contribution in [0.2, 0.25) is 5.02 Å². The molecule has 0 unspecified atom stereocenters. The summed E-state index contributed by atoms with van der Waals surface area (Å²) >= 11 is 6.18. The largest absolute Gasteiger partial charge is 0.369 e. The lowest BCUT2D eigenvalue weighted by atomic mass is 9.71. The van der Waals surface area contributed by atoms with Gasteiger partial charge in [-0.3, -0.25) is 14.8 Å². The van der Waals surface area contributed by atoms with Crippen LogP contribution in [0.1, 0.15) is 48.7 Å². The molecule has 7 heteroatoms. The summed E-state index contributed by atoms with van der Waals surface area (Å²) in [4.78, 5) is 18.4. The molecular formula is C31H34ClN5O. The van der Waals surface area contributed by atoms with E-state index in [1.807, 2.05) is 12.1 Å². The third-order valence-electron chi connectivity index (χ3n) is 8.51. The number of aromatic amines is 1. The number of H-pyrrole nitrogens is 1. The van der Waals surface area contributed by atoms with E-state index in [1.54, 1.807) is 12.1 Å². The second-order valence-corrected chi connectivity index (χ2v) is 11.3. The highest BCUT2D eigenvalue weighted by molar-refractivity contribution is 6.31. The highest BCUT2D eigenvalue weighted by Crippen LogP contribution is 2.45. The van der Waals surface area contributed by atoms with Crippen LogP contribution in [0.4, 0.5) is 11.4 Å². The number of carbonyl (C=O) groups excluding carboxylic acids is 1. The molecule has 1 aliphatic carbocycles. The molecule has 1 aromatic heterocycles. The fourth-order valence-corrected chi connectivity index (χ4v) is 6.47. The van der Waals surface area contributed by atoms with Crippen LogP contribution in [0, 0.1) is 5.92 Å². The van der Waals surface area contributed by atoms with Gasteiger partial charge in [-0.25, -0.2) is 0 Å². The van der Waals surface area contributed by atoms with E-state index in [0.717, 1.165) is 61.5 Å². The van der Waals surface area contributed by atoms with Crippen molar-refractivity contribution >= 4 is 39.8 Å². The lowest BCUT2D eigenvalue weighted by Crippen LogP contribution is -2.56. The van der Waals surface area contributed by atoms with E-state index in [0.29, 0.717) is 10.7 Å². The molecule has 0 radical (unpaired) electrons. The van der Waals surface area contributed by atoms with Crippen molar-refractivity contribution in [1.29, 1.82) is 0 Å². The highest BCUT2D eigenvalue weighted by atomic mass is 35.5. The predicted molar refractivity (Wildman–Crippen MR) is 155 cm³/mol. The number of rotatable bonds is 5. The standard InChI is InChI=1S/C31H34ClN5O/c1-22-12-14-31(15-13-22,37-18-16-36(17-19-37)26-8-3-2-4-9-26)23-6-5-7-25(20-23)33-30(38)29-27-21-24(32)10-11-28(27)34-35-29/h2-11,20-22H,12-19H2,1H3,(H,33,38)(H,34,35)/t22-,31-. The molecule has 1 saturated carbocycles. The molecular weight excluding hydrogens is 494 g/mol. The van der Waals surface area contributed by atoms with Crippen LogP contribution < -0.4 is 10.2 Å². The van der Waals surface area contributed by atoms with E-state index in [4.69, 9.17) is 11.6 Å². The monoisotopic (exact) mass is 527 g/mol. The van der Waals surface area contributed by atoms with Crippen LogP contribution in [-0.2, 0) is 5.54 Å². The molecule has 6 nitrogen and oxygen atoms in total. The third kappa shape index (κ3) is 4.79. The van der Waals surface area contributed by atoms with Crippen LogP contribution in [0.5, 0.6) is 0 Å². The van der Waals surface area contributed by atoms with Crippen molar-refractivity contribution in [3.8, 4) is 0 Å². The number of carbonyl (C=O) groups is 1. The zero-order valence-corrected chi connectivity index (χ0v) is 22.5. The molecule has 0 bridgehead atoms. The Hall–Kier alpha value is -3.35. The fourth-order valence-electron chi connectivity index (χ4n) is 6.29. The number of anilines is 2. The summed E-state index contributed by atoms with van der Waals surface area (Å²) in [7, 11) is 0. The summed E-state index contributed by atoms with van der Waals surface area (Å²) in [5.74, 6) is 0.509. The van der Waals surface area contributed by atoms with Crippen LogP contribution in [-0.4, -0.2) is 47.2 Å². The Kier molecular flexibility index (Phi) is 6.85. The average molecular weight is 528 g/mol. The van der Waals surface area contributed by atoms with Crippen LogP contribution in [0.3, 0.4) is 0 Å². The first-order chi connectivity index (χ1) is 18.5. The van der Waals surface area contributed by atoms with Gasteiger partial charge in [-0.05, 0) is 79.6 Å². The van der Waals surface area contributed by atoms with Crippen molar-refractivity contribution in [3.05, 3.63) is 89.1 Å². The van der Waals surface area contributed by atoms with Gasteiger partial charge < -0.3 is 10.2 Å². The van der Waals surface area contributed by atoms with Gasteiger partial charge in [0, 0.05) is 53.5 Å². The molecule has 1 aliphatic heterocycles. The summed E-state index contributed by atoms with van der Waals surface area (Å²) in [6.07, 6.45) is 4.71. The molecule has 6 rings (SSSR count). The molecule has 2 fully saturated rings. The van der Waals surface area contributed by atoms with E-state index in [-0.39, 0.29) is 11.4 Å². The van der Waals surface area contributed by atoms with Crippen molar-refractivity contribution in [2.75, 3.05) is 36.4 Å². The number of nitrogens with zero attached hydrogens (tertiary/aromatic N) is 3. The lowest BCUT2D eigenvalue weighted by Gasteiger charge is -2.51. The zero-order valence-electron chi connectivity index (χ0n) is 21.8. The first kappa shape index (κ1) is 25.0. The number of aromatic nitrogens is 2. The van der Waals surface area contributed by atoms with Gasteiger partial charge >= 0.3 is 0 Å². The Morgan fingerprint density at radius 2 is 1.74 bits per heavy atom. The number of hydrogen-bond donors (Lipinski definition) is 2. The molecule has 1 saturated heterocycles. The number of fused-ring (bicyclic) bond motifs is 1. The second kappa shape index (κ2) is 10.4. The van der Waals surface area contributed by atoms with Crippen molar-refractivity contribution in [2.45, 2.75) is 38.1 Å². The minimum Gasteiger partial charge on any atom is -0.369 e. The van der Waals surface area contributed by atoms with Gasteiger partial charge in [0.05, 0.1) is 5.52 Å². The maximum Gasteiger partial charge on any atom is 0.276 e. The van der Waals surface area contributed by atoms with Gasteiger partial charge in [-0.1, -0.05) is 48.9 Å². The van der Waals surface area contributed by atoms with Gasteiger partial charge in [0.25, 0.3) is 5.91 Å². The first-order valence-corrected chi connectivity index (χ1v) is 14.0. The topological polar surface area (TPSA) is 64.3 Å². The number of nitrogens with one attached hydrogen (secondary N) is 2. The predicted octanol–water partition coefficient (Wildman–Crippen LogP) is 6.70. The molecule has 2 aliphatic rings. The number of para-hydroxylation sites is 1. The second-order valence-electron chi connectivity index (χ2n) is 10.8. The van der Waals surface area contributed by atoms with Crippen molar-refractivity contribution in [2.24, 2.45) is 5.92 Å². The van der Waals surface area contributed by atoms with Gasteiger partial charge in [0.15, 0.2) is 5.69 Å². The van der Waals surface area contributed by atoms with Gasteiger partial charge in [0.2, 0.25) is 0 Å². The van der Waals surface area contributed by atoms with Crippen molar-refractivity contribution in [3.63, 3.8) is 0 Å². The molecule has 38 heavy (non-hydrogen) atoms. The Morgan fingerprint density at radius 1 is 0.974 bits per heavy atom. The van der Waals surface area contributed by atoms with Crippen LogP contribution in [0.25, 0.3) is 10.9 Å². The molecule has 3 aromatic carbocycles. The first-order valence-electron chi connectivity index (χ1n) is 13.6. The molecule has 196 valence electrons. The number of hydrogen-bond acceptors (Lipinski definition) is 4. The Bertz CT molecular complexity index is 1420. The Labute approximate surface area is 229 Å². The molecule has 1 amide bonds.